The van der Waals surface area contributed by atoms with Crippen molar-refractivity contribution in [3.63, 3.8) is 0 Å². The molecule has 1 heterocycles. The quantitative estimate of drug-likeness (QED) is 0.789. The predicted octanol–water partition coefficient (Wildman–Crippen LogP) is 3.45. The summed E-state index contributed by atoms with van der Waals surface area (Å²) < 4.78 is 5.26. The zero-order valence-electron chi connectivity index (χ0n) is 14.8. The fourth-order valence-corrected chi connectivity index (χ4v) is 3.05. The third kappa shape index (κ3) is 4.70. The molecule has 2 aromatic rings. The number of nitrogens with zero attached hydrogens (tertiary/aromatic N) is 1. The van der Waals surface area contributed by atoms with Crippen molar-refractivity contribution in [3.05, 3.63) is 71.3 Å². The van der Waals surface area contributed by atoms with Crippen LogP contribution in [-0.2, 0) is 27.2 Å². The van der Waals surface area contributed by atoms with Gasteiger partial charge in [0.25, 0.3) is 0 Å². The molecule has 5 heteroatoms. The summed E-state index contributed by atoms with van der Waals surface area (Å²) >= 11 is 0. The lowest BCUT2D eigenvalue weighted by molar-refractivity contribution is -0.149. The Bertz CT molecular complexity index is 755. The van der Waals surface area contributed by atoms with Crippen LogP contribution in [0.3, 0.4) is 0 Å². The van der Waals surface area contributed by atoms with Crippen LogP contribution in [0.2, 0.25) is 0 Å². The summed E-state index contributed by atoms with van der Waals surface area (Å²) in [6.07, 6.45) is 1.20. The smallest absolute Gasteiger partial charge is 0.333 e. The van der Waals surface area contributed by atoms with Gasteiger partial charge in [0.1, 0.15) is 6.10 Å². The van der Waals surface area contributed by atoms with E-state index in [0.29, 0.717) is 13.0 Å². The van der Waals surface area contributed by atoms with Gasteiger partial charge in [-0.05, 0) is 23.6 Å². The van der Waals surface area contributed by atoms with Gasteiger partial charge in [-0.25, -0.2) is 4.79 Å². The molecule has 3 rings (SSSR count). The molecule has 1 N–H and O–H groups in total. The van der Waals surface area contributed by atoms with Crippen LogP contribution in [0.25, 0.3) is 0 Å². The van der Waals surface area contributed by atoms with Gasteiger partial charge in [0, 0.05) is 25.9 Å². The molecular weight excluding hydrogens is 330 g/mol. The normalized spacial score (nSPS) is 17.4. The summed E-state index contributed by atoms with van der Waals surface area (Å²) in [5.41, 5.74) is 4.10. The van der Waals surface area contributed by atoms with Gasteiger partial charge in [0.2, 0.25) is 0 Å². The second-order valence-electron chi connectivity index (χ2n) is 6.34. The van der Waals surface area contributed by atoms with E-state index < -0.39 is 12.1 Å². The molecule has 0 saturated carbocycles. The molecule has 0 bridgehead atoms. The summed E-state index contributed by atoms with van der Waals surface area (Å²) in [6, 6.07) is 18.0. The summed E-state index contributed by atoms with van der Waals surface area (Å²) in [5, 5.41) is 13.4. The van der Waals surface area contributed by atoms with Crippen molar-refractivity contribution in [2.45, 2.75) is 38.4 Å². The van der Waals surface area contributed by atoms with E-state index in [2.05, 4.69) is 17.3 Å². The van der Waals surface area contributed by atoms with Crippen molar-refractivity contribution < 1.29 is 19.5 Å². The van der Waals surface area contributed by atoms with Crippen LogP contribution in [0, 0.1) is 0 Å². The average Bonchev–Trinajstić information content (AvgIpc) is 3.11. The Labute approximate surface area is 153 Å². The number of hydrogen-bond donors (Lipinski definition) is 1. The van der Waals surface area contributed by atoms with E-state index in [1.807, 2.05) is 42.5 Å². The molecule has 0 saturated heterocycles. The van der Waals surface area contributed by atoms with Gasteiger partial charge in [-0.2, -0.15) is 0 Å². The van der Waals surface area contributed by atoms with Gasteiger partial charge in [0.05, 0.1) is 5.71 Å². The monoisotopic (exact) mass is 353 g/mol. The summed E-state index contributed by atoms with van der Waals surface area (Å²) in [7, 11) is 0. The van der Waals surface area contributed by atoms with E-state index in [0.717, 1.165) is 29.7 Å². The van der Waals surface area contributed by atoms with E-state index in [-0.39, 0.29) is 6.10 Å². The van der Waals surface area contributed by atoms with Crippen LogP contribution in [0.5, 0.6) is 0 Å². The van der Waals surface area contributed by atoms with Gasteiger partial charge < -0.3 is 14.7 Å². The van der Waals surface area contributed by atoms with Crippen LogP contribution in [0.15, 0.2) is 59.8 Å². The summed E-state index contributed by atoms with van der Waals surface area (Å²) in [4.78, 5) is 16.8. The summed E-state index contributed by atoms with van der Waals surface area (Å²) in [5.74, 6) is -0.937. The molecule has 1 unspecified atom stereocenters. The van der Waals surface area contributed by atoms with Crippen LogP contribution in [0.1, 0.15) is 30.0 Å². The number of rotatable bonds is 8. The second kappa shape index (κ2) is 8.63. The lowest BCUT2D eigenvalue weighted by Crippen LogP contribution is -2.26. The van der Waals surface area contributed by atoms with Crippen molar-refractivity contribution in [2.24, 2.45) is 5.16 Å². The lowest BCUT2D eigenvalue weighted by Gasteiger charge is -2.12. The number of carbonyl (C=O) groups is 1. The second-order valence-corrected chi connectivity index (χ2v) is 6.34. The van der Waals surface area contributed by atoms with Crippen LogP contribution in [0.4, 0.5) is 0 Å². The number of benzene rings is 2. The Kier molecular flexibility index (Phi) is 6.02. The van der Waals surface area contributed by atoms with Crippen LogP contribution >= 0.6 is 0 Å². The number of hydrogen-bond acceptors (Lipinski definition) is 4. The number of ether oxygens (including phenoxy) is 1. The lowest BCUT2D eigenvalue weighted by atomic mass is 9.98. The van der Waals surface area contributed by atoms with Gasteiger partial charge in [-0.15, -0.1) is 0 Å². The van der Waals surface area contributed by atoms with Gasteiger partial charge >= 0.3 is 5.97 Å². The van der Waals surface area contributed by atoms with E-state index in [1.165, 1.54) is 5.56 Å². The largest absolute Gasteiger partial charge is 0.479 e. The van der Waals surface area contributed by atoms with Crippen molar-refractivity contribution in [2.75, 3.05) is 6.61 Å². The Morgan fingerprint density at radius 2 is 1.92 bits per heavy atom. The Morgan fingerprint density at radius 1 is 1.19 bits per heavy atom. The number of aliphatic carboxylic acids is 1. The first kappa shape index (κ1) is 18.1. The highest BCUT2D eigenvalue weighted by Crippen LogP contribution is 2.21. The fraction of sp³-hybridized carbons (Fsp3) is 0.333. The first-order valence-corrected chi connectivity index (χ1v) is 8.86. The van der Waals surface area contributed by atoms with Gasteiger partial charge in [0.15, 0.2) is 6.10 Å². The van der Waals surface area contributed by atoms with Crippen molar-refractivity contribution in [1.82, 2.24) is 0 Å². The molecule has 0 amide bonds. The number of oxime groups is 1. The highest BCUT2D eigenvalue weighted by Gasteiger charge is 2.23. The molecule has 26 heavy (non-hydrogen) atoms. The van der Waals surface area contributed by atoms with Gasteiger partial charge in [-0.3, -0.25) is 0 Å². The minimum Gasteiger partial charge on any atom is -0.479 e. The maximum Gasteiger partial charge on any atom is 0.333 e. The number of carboxylic acids is 1. The molecule has 2 atom stereocenters. The standard InChI is InChI=1S/C21H23NO4/c1-2-25-20(21(23)24)13-16-8-10-17(11-9-16)19-14-18(26-22-19)12-15-6-4-3-5-7-15/h3-11,18,20H,2,12-14H2,1H3,(H,23,24)/t18?,20-/m1/s1. The zero-order valence-corrected chi connectivity index (χ0v) is 14.8. The zero-order chi connectivity index (χ0) is 18.4. The van der Waals surface area contributed by atoms with E-state index >= 15 is 0 Å². The first-order valence-electron chi connectivity index (χ1n) is 8.86. The molecule has 0 radical (unpaired) electrons. The van der Waals surface area contributed by atoms with E-state index in [9.17, 15) is 9.90 Å². The molecule has 0 aliphatic carbocycles. The van der Waals surface area contributed by atoms with Crippen molar-refractivity contribution in [1.29, 1.82) is 0 Å². The molecule has 0 aromatic heterocycles. The van der Waals surface area contributed by atoms with Crippen molar-refractivity contribution >= 4 is 11.7 Å². The summed E-state index contributed by atoms with van der Waals surface area (Å²) in [6.45, 7) is 2.18. The minimum atomic E-state index is -0.937. The van der Waals surface area contributed by atoms with Crippen LogP contribution in [-0.4, -0.2) is 35.6 Å². The first-order chi connectivity index (χ1) is 12.7. The molecule has 1 aliphatic heterocycles. The van der Waals surface area contributed by atoms with Gasteiger partial charge in [-0.1, -0.05) is 59.8 Å². The Hall–Kier alpha value is -2.66. The SMILES string of the molecule is CCO[C@H](Cc1ccc(C2=NOC(Cc3ccccc3)C2)cc1)C(=O)O. The third-order valence-corrected chi connectivity index (χ3v) is 4.39. The molecule has 0 fully saturated rings. The molecule has 136 valence electrons. The highest BCUT2D eigenvalue weighted by atomic mass is 16.6. The molecule has 0 spiro atoms. The average molecular weight is 353 g/mol. The predicted molar refractivity (Wildman–Crippen MR) is 99.4 cm³/mol. The highest BCUT2D eigenvalue weighted by molar-refractivity contribution is 6.01. The molecule has 5 nitrogen and oxygen atoms in total. The topological polar surface area (TPSA) is 68.1 Å². The number of carboxylic acid groups (broad SMARTS) is 1. The van der Waals surface area contributed by atoms with E-state index in [1.54, 1.807) is 6.92 Å². The minimum absolute atomic E-state index is 0.0569. The Morgan fingerprint density at radius 3 is 2.58 bits per heavy atom. The molecular formula is C21H23NO4. The molecule has 2 aromatic carbocycles. The van der Waals surface area contributed by atoms with E-state index in [4.69, 9.17) is 9.57 Å². The third-order valence-electron chi connectivity index (χ3n) is 4.39. The maximum atomic E-state index is 11.2. The van der Waals surface area contributed by atoms with Crippen molar-refractivity contribution in [3.8, 4) is 0 Å². The van der Waals surface area contributed by atoms with Crippen LogP contribution < -0.4 is 0 Å². The fourth-order valence-electron chi connectivity index (χ4n) is 3.05. The molecule has 1 aliphatic rings. The Balaban J connectivity index is 1.58. The maximum absolute atomic E-state index is 11.2.